The maximum absolute atomic E-state index is 11.7. The number of halogens is 1. The zero-order valence-electron chi connectivity index (χ0n) is 11.9. The van der Waals surface area contributed by atoms with Crippen molar-refractivity contribution < 1.29 is 9.59 Å². The molecule has 6 heteroatoms. The molecular weight excluding hydrogens is 266 g/mol. The van der Waals surface area contributed by atoms with Crippen LogP contribution in [0.15, 0.2) is 0 Å². The predicted molar refractivity (Wildman–Crippen MR) is 78.4 cm³/mol. The number of rotatable bonds is 6. The largest absolute Gasteiger partial charge is 0.353 e. The third-order valence-corrected chi connectivity index (χ3v) is 3.16. The molecule has 0 unspecified atom stereocenters. The lowest BCUT2D eigenvalue weighted by molar-refractivity contribution is -0.135. The van der Waals surface area contributed by atoms with Gasteiger partial charge in [0, 0.05) is 25.6 Å². The molecule has 2 amide bonds. The molecule has 0 aromatic carbocycles. The molecule has 19 heavy (non-hydrogen) atoms. The number of amides is 2. The quantitative estimate of drug-likeness (QED) is 0.765. The van der Waals surface area contributed by atoms with Crippen molar-refractivity contribution in [1.29, 1.82) is 0 Å². The van der Waals surface area contributed by atoms with E-state index < -0.39 is 0 Å². The molecule has 1 aliphatic rings. The Morgan fingerprint density at radius 2 is 2.11 bits per heavy atom. The van der Waals surface area contributed by atoms with Crippen molar-refractivity contribution in [2.24, 2.45) is 0 Å². The van der Waals surface area contributed by atoms with Gasteiger partial charge in [0.2, 0.25) is 11.8 Å². The molecule has 0 spiro atoms. The summed E-state index contributed by atoms with van der Waals surface area (Å²) in [7, 11) is 0. The van der Waals surface area contributed by atoms with Crippen LogP contribution >= 0.6 is 12.4 Å². The van der Waals surface area contributed by atoms with E-state index in [0.29, 0.717) is 13.0 Å². The van der Waals surface area contributed by atoms with E-state index >= 15 is 0 Å². The molecule has 1 saturated heterocycles. The monoisotopic (exact) mass is 291 g/mol. The lowest BCUT2D eigenvalue weighted by Crippen LogP contribution is -2.44. The Morgan fingerprint density at radius 3 is 2.79 bits per heavy atom. The molecule has 1 fully saturated rings. The van der Waals surface area contributed by atoms with Gasteiger partial charge in [-0.2, -0.15) is 0 Å². The van der Waals surface area contributed by atoms with Crippen LogP contribution in [-0.2, 0) is 9.59 Å². The van der Waals surface area contributed by atoms with Gasteiger partial charge in [0.05, 0.1) is 6.54 Å². The number of hydrogen-bond acceptors (Lipinski definition) is 3. The zero-order valence-corrected chi connectivity index (χ0v) is 12.7. The molecule has 112 valence electrons. The Kier molecular flexibility index (Phi) is 9.61. The third kappa shape index (κ3) is 7.38. The van der Waals surface area contributed by atoms with Gasteiger partial charge < -0.3 is 15.5 Å². The van der Waals surface area contributed by atoms with E-state index in [9.17, 15) is 9.59 Å². The second kappa shape index (κ2) is 10.0. The molecule has 0 aromatic heterocycles. The number of nitrogens with zero attached hydrogens (tertiary/aromatic N) is 1. The normalized spacial score (nSPS) is 17.4. The molecule has 1 aliphatic heterocycles. The van der Waals surface area contributed by atoms with E-state index in [-0.39, 0.29) is 36.8 Å². The number of nitrogens with one attached hydrogen (secondary N) is 2. The Morgan fingerprint density at radius 1 is 1.37 bits per heavy atom. The van der Waals surface area contributed by atoms with Gasteiger partial charge in [-0.15, -0.1) is 12.4 Å². The van der Waals surface area contributed by atoms with Crippen LogP contribution in [0, 0.1) is 0 Å². The second-order valence-electron chi connectivity index (χ2n) is 4.89. The maximum atomic E-state index is 11.7. The van der Waals surface area contributed by atoms with Crippen molar-refractivity contribution >= 4 is 24.2 Å². The summed E-state index contributed by atoms with van der Waals surface area (Å²) in [6, 6.07) is 0.263. The van der Waals surface area contributed by atoms with Crippen LogP contribution in [0.5, 0.6) is 0 Å². The smallest absolute Gasteiger partial charge is 0.239 e. The average molecular weight is 292 g/mol. The standard InChI is InChI=1S/C13H25N3O2.ClH/c1-3-14-11(2)9-15-12(17)10-16-8-6-4-5-7-13(16)18;/h11,14H,3-10H2,1-2H3,(H,15,17);1H/t11-;/m1./s1. The van der Waals surface area contributed by atoms with Gasteiger partial charge in [-0.3, -0.25) is 9.59 Å². The first-order valence-electron chi connectivity index (χ1n) is 6.91. The van der Waals surface area contributed by atoms with Gasteiger partial charge in [0.25, 0.3) is 0 Å². The molecule has 1 atom stereocenters. The lowest BCUT2D eigenvalue weighted by Gasteiger charge is -2.20. The fourth-order valence-corrected chi connectivity index (χ4v) is 2.12. The van der Waals surface area contributed by atoms with Gasteiger partial charge in [0.1, 0.15) is 0 Å². The minimum atomic E-state index is -0.0602. The zero-order chi connectivity index (χ0) is 13.4. The summed E-state index contributed by atoms with van der Waals surface area (Å²) in [5.74, 6) is 0.0531. The van der Waals surface area contributed by atoms with Gasteiger partial charge in [0.15, 0.2) is 0 Å². The van der Waals surface area contributed by atoms with Crippen LogP contribution in [0.4, 0.5) is 0 Å². The highest BCUT2D eigenvalue weighted by atomic mass is 35.5. The number of likely N-dealkylation sites (tertiary alicyclic amines) is 1. The molecule has 1 heterocycles. The Labute approximate surface area is 121 Å². The molecule has 2 N–H and O–H groups in total. The Bertz CT molecular complexity index is 287. The van der Waals surface area contributed by atoms with Gasteiger partial charge in [-0.05, 0) is 26.3 Å². The van der Waals surface area contributed by atoms with Gasteiger partial charge in [-0.1, -0.05) is 13.3 Å². The maximum Gasteiger partial charge on any atom is 0.239 e. The summed E-state index contributed by atoms with van der Waals surface area (Å²) in [4.78, 5) is 25.1. The molecule has 0 radical (unpaired) electrons. The highest BCUT2D eigenvalue weighted by Crippen LogP contribution is 2.10. The second-order valence-corrected chi connectivity index (χ2v) is 4.89. The average Bonchev–Trinajstić information content (AvgIpc) is 2.53. The summed E-state index contributed by atoms with van der Waals surface area (Å²) < 4.78 is 0. The van der Waals surface area contributed by atoms with E-state index in [1.54, 1.807) is 4.90 Å². The van der Waals surface area contributed by atoms with Gasteiger partial charge in [-0.25, -0.2) is 0 Å². The van der Waals surface area contributed by atoms with E-state index in [4.69, 9.17) is 0 Å². The Balaban J connectivity index is 0.00000324. The summed E-state index contributed by atoms with van der Waals surface area (Å²) in [6.45, 7) is 6.48. The molecule has 1 rings (SSSR count). The van der Waals surface area contributed by atoms with E-state index in [1.807, 2.05) is 13.8 Å². The summed E-state index contributed by atoms with van der Waals surface area (Å²) in [5.41, 5.74) is 0. The van der Waals surface area contributed by atoms with Crippen LogP contribution < -0.4 is 10.6 Å². The van der Waals surface area contributed by atoms with Crippen molar-refractivity contribution in [3.8, 4) is 0 Å². The molecule has 0 aromatic rings. The highest BCUT2D eigenvalue weighted by molar-refractivity contribution is 5.85. The molecular formula is C13H26ClN3O2. The third-order valence-electron chi connectivity index (χ3n) is 3.16. The summed E-state index contributed by atoms with van der Waals surface area (Å²) in [5, 5.41) is 6.09. The fraction of sp³-hybridized carbons (Fsp3) is 0.846. The van der Waals surface area contributed by atoms with Crippen molar-refractivity contribution in [3.63, 3.8) is 0 Å². The molecule has 0 aliphatic carbocycles. The number of carbonyl (C=O) groups excluding carboxylic acids is 2. The van der Waals surface area contributed by atoms with Crippen LogP contribution in [0.1, 0.15) is 39.5 Å². The minimum Gasteiger partial charge on any atom is -0.353 e. The summed E-state index contributed by atoms with van der Waals surface area (Å²) >= 11 is 0. The fourth-order valence-electron chi connectivity index (χ4n) is 2.12. The Hall–Kier alpha value is -0.810. The number of likely N-dealkylation sites (N-methyl/N-ethyl adjacent to an activating group) is 1. The molecule has 5 nitrogen and oxygen atoms in total. The van der Waals surface area contributed by atoms with E-state index in [1.165, 1.54) is 0 Å². The van der Waals surface area contributed by atoms with Crippen molar-refractivity contribution in [2.45, 2.75) is 45.6 Å². The van der Waals surface area contributed by atoms with Crippen LogP contribution in [0.3, 0.4) is 0 Å². The van der Waals surface area contributed by atoms with Crippen LogP contribution in [0.25, 0.3) is 0 Å². The first-order chi connectivity index (χ1) is 8.63. The van der Waals surface area contributed by atoms with Crippen molar-refractivity contribution in [2.75, 3.05) is 26.2 Å². The van der Waals surface area contributed by atoms with Gasteiger partial charge >= 0.3 is 0 Å². The first kappa shape index (κ1) is 18.2. The van der Waals surface area contributed by atoms with E-state index in [2.05, 4.69) is 10.6 Å². The SMILES string of the molecule is CCN[C@H](C)CNC(=O)CN1CCCCCC1=O.Cl. The first-order valence-corrected chi connectivity index (χ1v) is 6.91. The predicted octanol–water partition coefficient (Wildman–Crippen LogP) is 0.925. The summed E-state index contributed by atoms with van der Waals surface area (Å²) in [6.07, 6.45) is 3.63. The molecule has 0 saturated carbocycles. The van der Waals surface area contributed by atoms with Crippen LogP contribution in [0.2, 0.25) is 0 Å². The van der Waals surface area contributed by atoms with Crippen molar-refractivity contribution in [1.82, 2.24) is 15.5 Å². The van der Waals surface area contributed by atoms with Crippen LogP contribution in [-0.4, -0.2) is 48.9 Å². The number of carbonyl (C=O) groups is 2. The lowest BCUT2D eigenvalue weighted by atomic mass is 10.2. The highest BCUT2D eigenvalue weighted by Gasteiger charge is 2.19. The topological polar surface area (TPSA) is 61.4 Å². The minimum absolute atomic E-state index is 0. The van der Waals surface area contributed by atoms with E-state index in [0.717, 1.165) is 32.4 Å². The molecule has 0 bridgehead atoms. The van der Waals surface area contributed by atoms with Crippen molar-refractivity contribution in [3.05, 3.63) is 0 Å². The number of hydrogen-bond donors (Lipinski definition) is 2.